The number of amidine groups is 2. The number of hydrogen-bond donors (Lipinski definition) is 0. The van der Waals surface area contributed by atoms with Crippen LogP contribution in [0.5, 0.6) is 0 Å². The van der Waals surface area contributed by atoms with Crippen LogP contribution in [0.15, 0.2) is 70.9 Å². The zero-order chi connectivity index (χ0) is 31.3. The van der Waals surface area contributed by atoms with Gasteiger partial charge in [0.2, 0.25) is 0 Å². The molecule has 3 heterocycles. The van der Waals surface area contributed by atoms with E-state index >= 15 is 0 Å². The monoisotopic (exact) mass is 654 g/mol. The van der Waals surface area contributed by atoms with Crippen molar-refractivity contribution in [3.63, 3.8) is 0 Å². The van der Waals surface area contributed by atoms with E-state index in [2.05, 4.69) is 9.98 Å². The van der Waals surface area contributed by atoms with Crippen molar-refractivity contribution in [2.24, 2.45) is 9.98 Å². The molecule has 0 radical (unpaired) electrons. The summed E-state index contributed by atoms with van der Waals surface area (Å²) in [4.78, 5) is 5.80. The van der Waals surface area contributed by atoms with Crippen molar-refractivity contribution in [2.45, 2.75) is 47.9 Å². The fourth-order valence-electron chi connectivity index (χ4n) is 5.35. The van der Waals surface area contributed by atoms with E-state index in [-0.39, 0.29) is 19.8 Å². The van der Waals surface area contributed by atoms with Crippen molar-refractivity contribution >= 4 is 34.9 Å². The van der Waals surface area contributed by atoms with Crippen molar-refractivity contribution in [3.05, 3.63) is 82.1 Å². The molecule has 0 spiro atoms. The fourth-order valence-corrected chi connectivity index (χ4v) is 5.60. The van der Waals surface area contributed by atoms with E-state index in [1.807, 2.05) is 0 Å². The van der Waals surface area contributed by atoms with Gasteiger partial charge in [-0.25, -0.2) is 9.98 Å². The third kappa shape index (κ3) is 4.07. The molecule has 42 heavy (non-hydrogen) atoms. The summed E-state index contributed by atoms with van der Waals surface area (Å²) in [7, 11) is 0. The van der Waals surface area contributed by atoms with E-state index in [9.17, 15) is 52.7 Å². The molecular weight excluding hydrogens is 643 g/mol. The van der Waals surface area contributed by atoms with Gasteiger partial charge in [0.15, 0.2) is 0 Å². The standard InChI is InChI=1S/C24H12Cl2F12N4/c25-13-5-1-11(2-6-13)17-39-19(21(27,28)29,22(30,31)32)15-16-20(23(33,34)35,24(36,37)38)40-18(42(16)10-9-41(15)17)12-3-7-14(26)8-4-12/h1-10,15-16H. The molecule has 0 saturated heterocycles. The van der Waals surface area contributed by atoms with Crippen molar-refractivity contribution in [1.82, 2.24) is 9.80 Å². The van der Waals surface area contributed by atoms with Gasteiger partial charge in [0.05, 0.1) is 0 Å². The number of nitrogens with zero attached hydrogens (tertiary/aromatic N) is 4. The van der Waals surface area contributed by atoms with Gasteiger partial charge >= 0.3 is 24.7 Å². The van der Waals surface area contributed by atoms with Gasteiger partial charge in [0, 0.05) is 33.6 Å². The van der Waals surface area contributed by atoms with Crippen LogP contribution in [0.4, 0.5) is 52.7 Å². The van der Waals surface area contributed by atoms with Gasteiger partial charge < -0.3 is 9.80 Å². The highest BCUT2D eigenvalue weighted by molar-refractivity contribution is 6.31. The Hall–Kier alpha value is -3.14. The second-order valence-corrected chi connectivity index (χ2v) is 10.3. The number of alkyl halides is 12. The molecule has 0 amide bonds. The minimum absolute atomic E-state index is 0.0166. The Morgan fingerprint density at radius 2 is 0.762 bits per heavy atom. The Kier molecular flexibility index (Phi) is 6.63. The summed E-state index contributed by atoms with van der Waals surface area (Å²) >= 11 is 11.5. The average molecular weight is 655 g/mol. The van der Waals surface area contributed by atoms with Crippen LogP contribution in [-0.4, -0.2) is 69.3 Å². The Morgan fingerprint density at radius 3 is 1.00 bits per heavy atom. The average Bonchev–Trinajstić information content (AvgIpc) is 3.40. The first-order valence-electron chi connectivity index (χ1n) is 11.4. The minimum Gasteiger partial charge on any atom is -0.323 e. The first kappa shape index (κ1) is 30.3. The van der Waals surface area contributed by atoms with Gasteiger partial charge in [0.1, 0.15) is 23.8 Å². The molecule has 4 nitrogen and oxygen atoms in total. The van der Waals surface area contributed by atoms with E-state index in [0.29, 0.717) is 12.4 Å². The lowest BCUT2D eigenvalue weighted by atomic mass is 9.74. The van der Waals surface area contributed by atoms with Gasteiger partial charge in [-0.1, -0.05) is 23.2 Å². The van der Waals surface area contributed by atoms with Gasteiger partial charge in [-0.15, -0.1) is 0 Å². The minimum atomic E-state index is -6.54. The molecule has 2 unspecified atom stereocenters. The van der Waals surface area contributed by atoms with Crippen LogP contribution in [0, 0.1) is 0 Å². The number of fused-ring (bicyclic) bond motifs is 3. The molecule has 2 aromatic rings. The van der Waals surface area contributed by atoms with Gasteiger partial charge in [-0.3, -0.25) is 0 Å². The molecule has 5 rings (SSSR count). The number of rotatable bonds is 2. The maximum atomic E-state index is 14.7. The van der Waals surface area contributed by atoms with Crippen LogP contribution in [0.2, 0.25) is 10.0 Å². The fraction of sp³-hybridized carbons (Fsp3) is 0.333. The van der Waals surface area contributed by atoms with Crippen molar-refractivity contribution in [1.29, 1.82) is 0 Å². The van der Waals surface area contributed by atoms with E-state index in [0.717, 1.165) is 48.5 Å². The quantitative estimate of drug-likeness (QED) is 0.310. The summed E-state index contributed by atoms with van der Waals surface area (Å²) in [5.41, 5.74) is -11.9. The number of hydrogen-bond acceptors (Lipinski definition) is 4. The Balaban J connectivity index is 1.87. The molecule has 2 aromatic carbocycles. The van der Waals surface area contributed by atoms with Crippen LogP contribution in [-0.2, 0) is 0 Å². The molecule has 0 N–H and O–H groups in total. The van der Waals surface area contributed by atoms with E-state index in [1.165, 1.54) is 0 Å². The Bertz CT molecular complexity index is 1330. The lowest BCUT2D eigenvalue weighted by molar-refractivity contribution is -0.331. The highest BCUT2D eigenvalue weighted by atomic mass is 35.5. The third-order valence-corrected chi connectivity index (χ3v) is 7.63. The summed E-state index contributed by atoms with van der Waals surface area (Å²) in [6, 6.07) is 0.489. The molecule has 0 aromatic heterocycles. The van der Waals surface area contributed by atoms with E-state index in [4.69, 9.17) is 23.2 Å². The SMILES string of the molecule is FC(F)(F)C1(C(F)(F)F)N=C(c2ccc(Cl)cc2)N2C=CN3C(c4ccc(Cl)cc4)=NC(C(F)(F)F)(C(F)(F)F)C3C21. The number of aliphatic imine (C=N–C) groups is 2. The van der Waals surface area contributed by atoms with Crippen LogP contribution in [0.1, 0.15) is 11.1 Å². The van der Waals surface area contributed by atoms with Crippen LogP contribution in [0.3, 0.4) is 0 Å². The van der Waals surface area contributed by atoms with Gasteiger partial charge in [-0.2, -0.15) is 52.7 Å². The lowest BCUT2D eigenvalue weighted by Crippen LogP contribution is -2.77. The highest BCUT2D eigenvalue weighted by Gasteiger charge is 2.87. The first-order valence-corrected chi connectivity index (χ1v) is 12.2. The summed E-state index contributed by atoms with van der Waals surface area (Å²) in [6.07, 6.45) is -25.1. The van der Waals surface area contributed by atoms with E-state index in [1.54, 1.807) is 0 Å². The molecule has 0 bridgehead atoms. The Morgan fingerprint density at radius 1 is 0.500 bits per heavy atom. The summed E-state index contributed by atoms with van der Waals surface area (Å²) in [6.45, 7) is 0. The second kappa shape index (κ2) is 9.18. The smallest absolute Gasteiger partial charge is 0.323 e. The number of halogens is 14. The summed E-state index contributed by atoms with van der Waals surface area (Å²) < 4.78 is 176. The summed E-state index contributed by atoms with van der Waals surface area (Å²) in [5.74, 6) is -2.36. The molecule has 18 heteroatoms. The molecular formula is C24H12Cl2F12N4. The highest BCUT2D eigenvalue weighted by Crippen LogP contribution is 2.62. The largest absolute Gasteiger partial charge is 0.424 e. The number of benzene rings is 2. The molecule has 0 fully saturated rings. The molecule has 0 aliphatic carbocycles. The van der Waals surface area contributed by atoms with Crippen molar-refractivity contribution in [2.75, 3.05) is 0 Å². The molecule has 0 saturated carbocycles. The van der Waals surface area contributed by atoms with Crippen LogP contribution >= 0.6 is 23.2 Å². The van der Waals surface area contributed by atoms with Crippen molar-refractivity contribution < 1.29 is 52.7 Å². The predicted octanol–water partition coefficient (Wildman–Crippen LogP) is 7.77. The van der Waals surface area contributed by atoms with Crippen LogP contribution in [0.25, 0.3) is 0 Å². The normalized spacial score (nSPS) is 23.5. The zero-order valence-electron chi connectivity index (χ0n) is 20.0. The lowest BCUT2D eigenvalue weighted by Gasteiger charge is -2.50. The third-order valence-electron chi connectivity index (χ3n) is 7.13. The molecule has 3 aliphatic heterocycles. The van der Waals surface area contributed by atoms with E-state index < -0.39 is 70.7 Å². The van der Waals surface area contributed by atoms with Gasteiger partial charge in [0.25, 0.3) is 11.1 Å². The summed E-state index contributed by atoms with van der Waals surface area (Å²) in [5, 5.41) is -0.0331. The van der Waals surface area contributed by atoms with Crippen LogP contribution < -0.4 is 0 Å². The van der Waals surface area contributed by atoms with Crippen molar-refractivity contribution in [3.8, 4) is 0 Å². The molecule has 226 valence electrons. The van der Waals surface area contributed by atoms with Gasteiger partial charge in [-0.05, 0) is 48.5 Å². The maximum Gasteiger partial charge on any atom is 0.424 e. The zero-order valence-corrected chi connectivity index (χ0v) is 21.5. The first-order chi connectivity index (χ1) is 19.2. The maximum absolute atomic E-state index is 14.7. The topological polar surface area (TPSA) is 31.2 Å². The Labute approximate surface area is 237 Å². The molecule has 3 aliphatic rings. The molecule has 2 atom stereocenters. The second-order valence-electron chi connectivity index (χ2n) is 9.41. The predicted molar refractivity (Wildman–Crippen MR) is 126 cm³/mol.